The smallest absolute Gasteiger partial charge is 0.852 e. The number of fused-ring (bicyclic) bond motifs is 2. The molecule has 32 heavy (non-hydrogen) atoms. The van der Waals surface area contributed by atoms with Gasteiger partial charge in [-0.2, -0.15) is 4.57 Å². The summed E-state index contributed by atoms with van der Waals surface area (Å²) >= 11 is 2.57. The van der Waals surface area contributed by atoms with Crippen LogP contribution in [0.25, 0.3) is 10.2 Å². The molecule has 4 unspecified atom stereocenters. The summed E-state index contributed by atoms with van der Waals surface area (Å²) in [5.41, 5.74) is 0.572. The van der Waals surface area contributed by atoms with E-state index < -0.39 is 29.9 Å². The van der Waals surface area contributed by atoms with Crippen molar-refractivity contribution in [2.45, 2.75) is 36.9 Å². The maximum absolute atomic E-state index is 12.4. The van der Waals surface area contributed by atoms with E-state index >= 15 is 0 Å². The minimum absolute atomic E-state index is 0. The summed E-state index contributed by atoms with van der Waals surface area (Å²) in [7, 11) is 3.39. The number of aromatic nitrogens is 2. The monoisotopic (exact) mass is 484 g/mol. The molecule has 0 N–H and O–H groups in total. The topological polar surface area (TPSA) is 121 Å². The van der Waals surface area contributed by atoms with Crippen molar-refractivity contribution in [2.75, 3.05) is 14.1 Å². The van der Waals surface area contributed by atoms with Gasteiger partial charge in [-0.15, -0.1) is 17.4 Å². The standard InChI is InChI=1S/C20H22N4O5S2.Na/c1-9-15-14(10(2)25)18(27)24(15)16(19(28)29)17(9)31-20-21-11-5-6-23(7-12(11)30-20)8-13(26)22(3)4;/h5-7,9-10,14-15H,8H2,1-4H3,(H,28,29);/q;+1/p-1. The van der Waals surface area contributed by atoms with Crippen LogP contribution in [0.15, 0.2) is 33.4 Å². The van der Waals surface area contributed by atoms with Crippen molar-refractivity contribution in [1.29, 1.82) is 0 Å². The maximum atomic E-state index is 12.4. The van der Waals surface area contributed by atoms with Crippen molar-refractivity contribution in [3.05, 3.63) is 29.1 Å². The number of carbonyl (C=O) groups is 3. The second kappa shape index (κ2) is 9.40. The fourth-order valence-electron chi connectivity index (χ4n) is 4.06. The molecule has 9 nitrogen and oxygen atoms in total. The van der Waals surface area contributed by atoms with Gasteiger partial charge in [0.25, 0.3) is 5.91 Å². The number of nitrogens with zero attached hydrogens (tertiary/aromatic N) is 4. The Labute approximate surface area is 215 Å². The third-order valence-corrected chi connectivity index (χ3v) is 8.02. The SMILES string of the molecule is CC([O-])C1C(=O)N2C(C(=O)[O-])=C(Sc3nc4cc[n+](CC(=O)N(C)C)cc4s3)C(C)C12.[Na+]. The van der Waals surface area contributed by atoms with Gasteiger partial charge in [0.2, 0.25) is 12.5 Å². The third-order valence-electron chi connectivity index (χ3n) is 5.67. The van der Waals surface area contributed by atoms with Gasteiger partial charge in [0.1, 0.15) is 4.70 Å². The van der Waals surface area contributed by atoms with Crippen molar-refractivity contribution in [1.82, 2.24) is 14.8 Å². The maximum Gasteiger partial charge on any atom is 1.00 e. The number of hydrogen-bond donors (Lipinski definition) is 0. The minimum atomic E-state index is -1.43. The number of thioether (sulfide) groups is 1. The van der Waals surface area contributed by atoms with Crippen LogP contribution in [0.2, 0.25) is 0 Å². The Kier molecular flexibility index (Phi) is 7.38. The number of carboxylic acids is 1. The molecule has 0 aliphatic carbocycles. The van der Waals surface area contributed by atoms with E-state index in [4.69, 9.17) is 0 Å². The van der Waals surface area contributed by atoms with E-state index in [2.05, 4.69) is 4.98 Å². The van der Waals surface area contributed by atoms with Crippen molar-refractivity contribution in [2.24, 2.45) is 11.8 Å². The normalized spacial score (nSPS) is 23.0. The molecule has 2 aliphatic rings. The molecule has 4 atom stereocenters. The van der Waals surface area contributed by atoms with Crippen LogP contribution in [-0.4, -0.2) is 58.8 Å². The predicted molar refractivity (Wildman–Crippen MR) is 109 cm³/mol. The van der Waals surface area contributed by atoms with Crippen molar-refractivity contribution in [3.8, 4) is 0 Å². The van der Waals surface area contributed by atoms with Gasteiger partial charge in [-0.3, -0.25) is 9.59 Å². The molecule has 12 heteroatoms. The zero-order valence-corrected chi connectivity index (χ0v) is 22.0. The van der Waals surface area contributed by atoms with E-state index in [0.29, 0.717) is 9.24 Å². The summed E-state index contributed by atoms with van der Waals surface area (Å²) in [5, 5.41) is 23.8. The molecule has 164 valence electrons. The van der Waals surface area contributed by atoms with Gasteiger partial charge in [0.05, 0.1) is 23.2 Å². The Morgan fingerprint density at radius 2 is 2.09 bits per heavy atom. The number of pyridine rings is 1. The number of aliphatic carboxylic acids is 1. The van der Waals surface area contributed by atoms with Crippen LogP contribution in [0.5, 0.6) is 0 Å². The van der Waals surface area contributed by atoms with Crippen molar-refractivity contribution in [3.63, 3.8) is 0 Å². The molecular formula is C20H21N4NaO5S2. The molecule has 2 aliphatic heterocycles. The molecule has 4 heterocycles. The molecule has 0 bridgehead atoms. The third kappa shape index (κ3) is 4.22. The number of thiazole rings is 1. The van der Waals surface area contributed by atoms with Crippen LogP contribution in [-0.2, 0) is 20.9 Å². The summed E-state index contributed by atoms with van der Waals surface area (Å²) < 4.78 is 3.24. The van der Waals surface area contributed by atoms with Gasteiger partial charge in [0, 0.05) is 36.9 Å². The van der Waals surface area contributed by atoms with Gasteiger partial charge in [-0.05, 0) is 0 Å². The zero-order valence-electron chi connectivity index (χ0n) is 18.4. The number of likely N-dealkylation sites (N-methyl/N-ethyl adjacent to an activating group) is 1. The number of carbonyl (C=O) groups excluding carboxylic acids is 3. The summed E-state index contributed by atoms with van der Waals surface area (Å²) in [6.45, 7) is 3.46. The molecule has 4 rings (SSSR count). The van der Waals surface area contributed by atoms with E-state index in [-0.39, 0.29) is 53.6 Å². The van der Waals surface area contributed by atoms with E-state index in [0.717, 1.165) is 10.2 Å². The molecule has 2 aromatic heterocycles. The number of β-lactam (4-membered cyclic amide) rings is 1. The molecule has 0 saturated carbocycles. The summed E-state index contributed by atoms with van der Waals surface area (Å²) in [6, 6.07) is 1.35. The Hall–Kier alpha value is -1.50. The van der Waals surface area contributed by atoms with Crippen LogP contribution >= 0.6 is 23.1 Å². The molecule has 1 saturated heterocycles. The second-order valence-corrected chi connectivity index (χ2v) is 10.3. The molecule has 2 amide bonds. The van der Waals surface area contributed by atoms with Gasteiger partial charge < -0.3 is 24.8 Å². The number of hydrogen-bond acceptors (Lipinski definition) is 8. The van der Waals surface area contributed by atoms with Crippen LogP contribution in [0.4, 0.5) is 0 Å². The number of rotatable bonds is 6. The van der Waals surface area contributed by atoms with E-state index in [9.17, 15) is 24.6 Å². The number of amides is 2. The first-order valence-corrected chi connectivity index (χ1v) is 11.4. The Balaban J connectivity index is 0.00000289. The molecule has 0 radical (unpaired) electrons. The van der Waals surface area contributed by atoms with Crippen LogP contribution in [0.1, 0.15) is 13.8 Å². The largest absolute Gasteiger partial charge is 1.00 e. The van der Waals surface area contributed by atoms with E-state index in [1.807, 2.05) is 13.1 Å². The average molecular weight is 485 g/mol. The molecule has 0 aromatic carbocycles. The van der Waals surface area contributed by atoms with E-state index in [1.165, 1.54) is 39.8 Å². The Morgan fingerprint density at radius 1 is 1.41 bits per heavy atom. The Morgan fingerprint density at radius 3 is 2.69 bits per heavy atom. The predicted octanol–water partition coefficient (Wildman–Crippen LogP) is -4.04. The minimum Gasteiger partial charge on any atom is -0.852 e. The Bertz CT molecular complexity index is 1130. The summed E-state index contributed by atoms with van der Waals surface area (Å²) in [6.07, 6.45) is 2.50. The zero-order chi connectivity index (χ0) is 22.6. The first-order valence-electron chi connectivity index (χ1n) is 9.72. The molecule has 1 fully saturated rings. The van der Waals surface area contributed by atoms with E-state index in [1.54, 1.807) is 30.9 Å². The first kappa shape index (κ1) is 25.1. The molecular weight excluding hydrogens is 463 g/mol. The fraction of sp³-hybridized carbons (Fsp3) is 0.450. The van der Waals surface area contributed by atoms with Gasteiger partial charge in [0.15, 0.2) is 16.7 Å². The van der Waals surface area contributed by atoms with Crippen LogP contribution in [0.3, 0.4) is 0 Å². The van der Waals surface area contributed by atoms with Gasteiger partial charge in [-0.25, -0.2) is 4.98 Å². The van der Waals surface area contributed by atoms with Crippen LogP contribution < -0.4 is 44.3 Å². The summed E-state index contributed by atoms with van der Waals surface area (Å²) in [5.74, 6) is -2.95. The first-order chi connectivity index (χ1) is 14.6. The van der Waals surface area contributed by atoms with Crippen molar-refractivity contribution < 1.29 is 58.7 Å². The fourth-order valence-corrected chi connectivity index (χ4v) is 6.44. The van der Waals surface area contributed by atoms with Gasteiger partial charge >= 0.3 is 29.6 Å². The van der Waals surface area contributed by atoms with Crippen molar-refractivity contribution >= 4 is 51.1 Å². The quantitative estimate of drug-likeness (QED) is 0.233. The van der Waals surface area contributed by atoms with Gasteiger partial charge in [-0.1, -0.05) is 25.6 Å². The molecule has 0 spiro atoms. The molecule has 2 aromatic rings. The number of carboxylic acid groups (broad SMARTS) is 1. The average Bonchev–Trinajstić information content (AvgIpc) is 3.18. The summed E-state index contributed by atoms with van der Waals surface area (Å²) in [4.78, 5) is 43.9. The second-order valence-electron chi connectivity index (χ2n) is 7.96. The van der Waals surface area contributed by atoms with Crippen LogP contribution in [0, 0.1) is 11.8 Å².